The van der Waals surface area contributed by atoms with Gasteiger partial charge in [-0.15, -0.1) is 10.2 Å². The fourth-order valence-electron chi connectivity index (χ4n) is 2.16. The first-order valence-electron chi connectivity index (χ1n) is 6.93. The van der Waals surface area contributed by atoms with E-state index in [1.165, 1.54) is 0 Å². The van der Waals surface area contributed by atoms with Crippen LogP contribution in [0.3, 0.4) is 0 Å². The number of carbonyl (C=O) groups is 1. The summed E-state index contributed by atoms with van der Waals surface area (Å²) in [6, 6.07) is 9.29. The molecule has 0 unspecified atom stereocenters. The third-order valence-corrected chi connectivity index (χ3v) is 5.76. The summed E-state index contributed by atoms with van der Waals surface area (Å²) in [5, 5.41) is 8.04. The molecule has 23 heavy (non-hydrogen) atoms. The van der Waals surface area contributed by atoms with Crippen LogP contribution < -0.4 is 0 Å². The molecule has 2 heterocycles. The summed E-state index contributed by atoms with van der Waals surface area (Å²) in [4.78, 5) is 11.7. The number of ether oxygens (including phenoxy) is 1. The lowest BCUT2D eigenvalue weighted by Crippen LogP contribution is -2.20. The maximum Gasteiger partial charge on any atom is 0.316 e. The van der Waals surface area contributed by atoms with Crippen LogP contribution in [0, 0.1) is 0 Å². The zero-order valence-electron chi connectivity index (χ0n) is 12.0. The highest BCUT2D eigenvalue weighted by atomic mass is 32.2. The third-order valence-electron chi connectivity index (χ3n) is 3.23. The topological polar surface area (TPSA) is 99.4 Å². The molecule has 3 rings (SSSR count). The minimum Gasteiger partial charge on any atom is -0.461 e. The van der Waals surface area contributed by atoms with Crippen molar-refractivity contribution in [3.63, 3.8) is 0 Å². The highest BCUT2D eigenvalue weighted by molar-refractivity contribution is 7.99. The Kier molecular flexibility index (Phi) is 4.67. The van der Waals surface area contributed by atoms with E-state index in [2.05, 4.69) is 10.2 Å². The largest absolute Gasteiger partial charge is 0.461 e. The first-order valence-corrected chi connectivity index (χ1v) is 9.74. The molecule has 1 fully saturated rings. The van der Waals surface area contributed by atoms with Gasteiger partial charge in [-0.25, -0.2) is 8.42 Å². The van der Waals surface area contributed by atoms with E-state index in [1.807, 2.05) is 30.3 Å². The molecule has 2 aromatic rings. The Morgan fingerprint density at radius 3 is 2.78 bits per heavy atom. The Labute approximate surface area is 137 Å². The number of nitrogens with zero attached hydrogens (tertiary/aromatic N) is 2. The maximum absolute atomic E-state index is 11.7. The fraction of sp³-hybridized carbons (Fsp3) is 0.357. The average molecular weight is 354 g/mol. The Morgan fingerprint density at radius 2 is 2.09 bits per heavy atom. The van der Waals surface area contributed by atoms with Gasteiger partial charge in [0.2, 0.25) is 5.89 Å². The summed E-state index contributed by atoms with van der Waals surface area (Å²) in [6.07, 6.45) is -0.187. The summed E-state index contributed by atoms with van der Waals surface area (Å²) >= 11 is 1.06. The molecule has 9 heteroatoms. The molecule has 122 valence electrons. The third kappa shape index (κ3) is 4.32. The second kappa shape index (κ2) is 6.71. The second-order valence-corrected chi connectivity index (χ2v) is 8.20. The zero-order valence-corrected chi connectivity index (χ0v) is 13.7. The van der Waals surface area contributed by atoms with Crippen LogP contribution in [0.25, 0.3) is 11.5 Å². The minimum atomic E-state index is -3.06. The molecule has 0 N–H and O–H groups in total. The molecular formula is C14H14N2O5S2. The molecule has 1 aromatic heterocycles. The van der Waals surface area contributed by atoms with Gasteiger partial charge in [-0.1, -0.05) is 30.0 Å². The van der Waals surface area contributed by atoms with Crippen molar-refractivity contribution in [1.29, 1.82) is 0 Å². The molecule has 0 saturated carbocycles. The summed E-state index contributed by atoms with van der Waals surface area (Å²) < 4.78 is 33.2. The zero-order chi connectivity index (χ0) is 16.3. The number of carbonyl (C=O) groups excluding carboxylic acids is 1. The lowest BCUT2D eigenvalue weighted by molar-refractivity contribution is -0.144. The van der Waals surface area contributed by atoms with Crippen molar-refractivity contribution in [3.8, 4) is 11.5 Å². The molecule has 0 bridgehead atoms. The van der Waals surface area contributed by atoms with Gasteiger partial charge in [0.05, 0.1) is 11.5 Å². The van der Waals surface area contributed by atoms with Crippen molar-refractivity contribution in [1.82, 2.24) is 10.2 Å². The van der Waals surface area contributed by atoms with Crippen LogP contribution in [-0.2, 0) is 19.4 Å². The standard InChI is InChI=1S/C14H14N2O5S2/c17-12(20-11-6-7-23(18,19)9-11)8-22-14-16-15-13(21-14)10-4-2-1-3-5-10/h1-5,11H,6-9H2/t11-/m1/s1. The summed E-state index contributed by atoms with van der Waals surface area (Å²) in [5.74, 6) is -0.142. The van der Waals surface area contributed by atoms with Crippen LogP contribution in [0.5, 0.6) is 0 Å². The van der Waals surface area contributed by atoms with Crippen molar-refractivity contribution in [2.75, 3.05) is 17.3 Å². The molecule has 1 aromatic carbocycles. The normalized spacial score (nSPS) is 19.6. The van der Waals surface area contributed by atoms with Crippen molar-refractivity contribution in [3.05, 3.63) is 30.3 Å². The molecule has 1 aliphatic rings. The lowest BCUT2D eigenvalue weighted by atomic mass is 10.2. The summed E-state index contributed by atoms with van der Waals surface area (Å²) in [6.45, 7) is 0. The number of thioether (sulfide) groups is 1. The fourth-order valence-corrected chi connectivity index (χ4v) is 4.30. The van der Waals surface area contributed by atoms with Crippen molar-refractivity contribution in [2.24, 2.45) is 0 Å². The van der Waals surface area contributed by atoms with Gasteiger partial charge >= 0.3 is 5.97 Å². The number of hydrogen-bond donors (Lipinski definition) is 0. The number of esters is 1. The quantitative estimate of drug-likeness (QED) is 0.589. The van der Waals surface area contributed by atoms with E-state index in [-0.39, 0.29) is 22.5 Å². The average Bonchev–Trinajstić information content (AvgIpc) is 3.13. The summed E-state index contributed by atoms with van der Waals surface area (Å²) in [5.41, 5.74) is 0.797. The van der Waals surface area contributed by atoms with Gasteiger partial charge in [0, 0.05) is 5.56 Å². The van der Waals surface area contributed by atoms with E-state index < -0.39 is 21.9 Å². The Balaban J connectivity index is 1.51. The van der Waals surface area contributed by atoms with Crippen molar-refractivity contribution < 1.29 is 22.4 Å². The number of aromatic nitrogens is 2. The molecule has 0 amide bonds. The molecule has 7 nitrogen and oxygen atoms in total. The molecule has 0 aliphatic carbocycles. The van der Waals surface area contributed by atoms with E-state index >= 15 is 0 Å². The Morgan fingerprint density at radius 1 is 1.30 bits per heavy atom. The van der Waals surface area contributed by atoms with Crippen LogP contribution in [0.4, 0.5) is 0 Å². The van der Waals surface area contributed by atoms with E-state index in [1.54, 1.807) is 0 Å². The van der Waals surface area contributed by atoms with Gasteiger partial charge < -0.3 is 9.15 Å². The van der Waals surface area contributed by atoms with Crippen LogP contribution in [-0.4, -0.2) is 47.9 Å². The highest BCUT2D eigenvalue weighted by Gasteiger charge is 2.30. The first-order chi connectivity index (χ1) is 11.0. The van der Waals surface area contributed by atoms with Gasteiger partial charge in [0.1, 0.15) is 11.9 Å². The highest BCUT2D eigenvalue weighted by Crippen LogP contribution is 2.23. The van der Waals surface area contributed by atoms with Gasteiger partial charge in [-0.3, -0.25) is 4.79 Å². The first kappa shape index (κ1) is 16.0. The van der Waals surface area contributed by atoms with Crippen LogP contribution in [0.2, 0.25) is 0 Å². The van der Waals surface area contributed by atoms with Gasteiger partial charge in [-0.05, 0) is 18.6 Å². The van der Waals surface area contributed by atoms with E-state index in [0.29, 0.717) is 12.3 Å². The number of rotatable bonds is 5. The molecule has 1 aliphatic heterocycles. The SMILES string of the molecule is O=C(CSc1nnc(-c2ccccc2)o1)O[C@@H]1CCS(=O)(=O)C1. The van der Waals surface area contributed by atoms with Gasteiger partial charge in [-0.2, -0.15) is 0 Å². The predicted molar refractivity (Wildman–Crippen MR) is 83.6 cm³/mol. The van der Waals surface area contributed by atoms with Gasteiger partial charge in [0.25, 0.3) is 5.22 Å². The van der Waals surface area contributed by atoms with Gasteiger partial charge in [0.15, 0.2) is 9.84 Å². The van der Waals surface area contributed by atoms with Crippen LogP contribution in [0.1, 0.15) is 6.42 Å². The van der Waals surface area contributed by atoms with E-state index in [9.17, 15) is 13.2 Å². The van der Waals surface area contributed by atoms with Crippen molar-refractivity contribution in [2.45, 2.75) is 17.7 Å². The van der Waals surface area contributed by atoms with Crippen molar-refractivity contribution >= 4 is 27.6 Å². The lowest BCUT2D eigenvalue weighted by Gasteiger charge is -2.08. The van der Waals surface area contributed by atoms with E-state index in [0.717, 1.165) is 17.3 Å². The van der Waals surface area contributed by atoms with Crippen LogP contribution >= 0.6 is 11.8 Å². The number of hydrogen-bond acceptors (Lipinski definition) is 8. The molecular weight excluding hydrogens is 340 g/mol. The van der Waals surface area contributed by atoms with E-state index in [4.69, 9.17) is 9.15 Å². The smallest absolute Gasteiger partial charge is 0.316 e. The minimum absolute atomic E-state index is 0.00697. The number of benzene rings is 1. The molecule has 1 atom stereocenters. The monoisotopic (exact) mass is 354 g/mol. The molecule has 0 spiro atoms. The predicted octanol–water partition coefficient (Wildman–Crippen LogP) is 1.56. The molecule has 0 radical (unpaired) electrons. The number of sulfone groups is 1. The summed E-state index contributed by atoms with van der Waals surface area (Å²) in [7, 11) is -3.06. The van der Waals surface area contributed by atoms with Crippen LogP contribution in [0.15, 0.2) is 40.0 Å². The Bertz CT molecular complexity index is 789. The maximum atomic E-state index is 11.7. The molecule has 1 saturated heterocycles. The Hall–Kier alpha value is -1.87. The second-order valence-electron chi connectivity index (χ2n) is 5.04.